The number of halogens is 1. The maximum atomic E-state index is 13.6. The van der Waals surface area contributed by atoms with Gasteiger partial charge in [0.1, 0.15) is 17.5 Å². The molecule has 196 valence electrons. The number of amides is 2. The van der Waals surface area contributed by atoms with E-state index in [-0.39, 0.29) is 23.9 Å². The van der Waals surface area contributed by atoms with Crippen molar-refractivity contribution in [2.45, 2.75) is 70.7 Å². The topological polar surface area (TPSA) is 112 Å². The van der Waals surface area contributed by atoms with Crippen molar-refractivity contribution in [3.05, 3.63) is 64.3 Å². The highest BCUT2D eigenvalue weighted by molar-refractivity contribution is 6.31. The van der Waals surface area contributed by atoms with Gasteiger partial charge in [0.2, 0.25) is 12.3 Å². The molecule has 0 bridgehead atoms. The van der Waals surface area contributed by atoms with E-state index in [4.69, 9.17) is 16.3 Å². The number of aromatic carboxylic acids is 1. The Bertz CT molecular complexity index is 1290. The van der Waals surface area contributed by atoms with Crippen molar-refractivity contribution in [3.63, 3.8) is 0 Å². The highest BCUT2D eigenvalue weighted by Gasteiger charge is 2.35. The van der Waals surface area contributed by atoms with Gasteiger partial charge in [0.05, 0.1) is 6.10 Å². The molecule has 2 aromatic carbocycles. The smallest absolute Gasteiger partial charge is 0.352 e. The van der Waals surface area contributed by atoms with Gasteiger partial charge in [-0.25, -0.2) is 4.79 Å². The van der Waals surface area contributed by atoms with Crippen LogP contribution < -0.4 is 10.1 Å². The first-order chi connectivity index (χ1) is 17.6. The number of aromatic amines is 1. The lowest BCUT2D eigenvalue weighted by molar-refractivity contribution is -0.134. The Balaban J connectivity index is 1.71. The zero-order valence-corrected chi connectivity index (χ0v) is 22.0. The fraction of sp³-hybridized carbons (Fsp3) is 0.393. The molecule has 8 nitrogen and oxygen atoms in total. The predicted molar refractivity (Wildman–Crippen MR) is 142 cm³/mol. The summed E-state index contributed by atoms with van der Waals surface area (Å²) < 4.78 is 6.03. The maximum absolute atomic E-state index is 13.6. The van der Waals surface area contributed by atoms with Crippen LogP contribution in [0.4, 0.5) is 0 Å². The first-order valence-electron chi connectivity index (χ1n) is 12.4. The minimum absolute atomic E-state index is 0.0920. The average molecular weight is 526 g/mol. The van der Waals surface area contributed by atoms with Crippen LogP contribution in [0, 0.1) is 0 Å². The zero-order chi connectivity index (χ0) is 26.7. The predicted octanol–water partition coefficient (Wildman–Crippen LogP) is 5.46. The van der Waals surface area contributed by atoms with Crippen LogP contribution in [0.1, 0.15) is 74.1 Å². The van der Waals surface area contributed by atoms with Gasteiger partial charge in [0.25, 0.3) is 0 Å². The van der Waals surface area contributed by atoms with E-state index >= 15 is 0 Å². The van der Waals surface area contributed by atoms with Crippen molar-refractivity contribution in [3.8, 4) is 5.75 Å². The molecular formula is C28H32ClN3O5. The molecular weight excluding hydrogens is 494 g/mol. The van der Waals surface area contributed by atoms with Gasteiger partial charge in [0, 0.05) is 33.6 Å². The largest absolute Gasteiger partial charge is 0.490 e. The third kappa shape index (κ3) is 6.25. The molecule has 1 heterocycles. The van der Waals surface area contributed by atoms with Gasteiger partial charge in [-0.2, -0.15) is 0 Å². The first kappa shape index (κ1) is 26.5. The van der Waals surface area contributed by atoms with Crippen molar-refractivity contribution in [1.82, 2.24) is 15.2 Å². The molecule has 1 saturated carbocycles. The van der Waals surface area contributed by atoms with E-state index in [1.165, 1.54) is 17.7 Å². The van der Waals surface area contributed by atoms with Crippen LogP contribution in [0.3, 0.4) is 0 Å². The van der Waals surface area contributed by atoms with E-state index in [0.29, 0.717) is 22.3 Å². The monoisotopic (exact) mass is 525 g/mol. The molecule has 1 atom stereocenters. The zero-order valence-electron chi connectivity index (χ0n) is 21.2. The molecule has 1 aromatic heterocycles. The summed E-state index contributed by atoms with van der Waals surface area (Å²) in [6, 6.07) is 11.1. The molecule has 1 fully saturated rings. The van der Waals surface area contributed by atoms with Crippen LogP contribution in [0.2, 0.25) is 5.02 Å². The van der Waals surface area contributed by atoms with E-state index in [1.807, 2.05) is 45.0 Å². The van der Waals surface area contributed by atoms with Crippen molar-refractivity contribution >= 4 is 40.8 Å². The van der Waals surface area contributed by atoms with Gasteiger partial charge < -0.3 is 25.0 Å². The standard InChI is InChI=1S/C28H32ClN3O5/c1-28(2,3)31-26(34)25(23-21-13-10-18(29)14-22(21)30-24(23)27(35)36)32(16-33)15-17-8-11-20(12-9-17)37-19-6-4-5-7-19/h8-14,16,19,25,30H,4-7,15H2,1-3H3,(H,31,34)(H,35,36). The highest BCUT2D eigenvalue weighted by Crippen LogP contribution is 2.34. The molecule has 9 heteroatoms. The fourth-order valence-electron chi connectivity index (χ4n) is 4.80. The molecule has 0 saturated heterocycles. The number of nitrogens with one attached hydrogen (secondary N) is 2. The Morgan fingerprint density at radius 3 is 2.46 bits per heavy atom. The lowest BCUT2D eigenvalue weighted by Crippen LogP contribution is -2.47. The number of H-pyrrole nitrogens is 1. The second-order valence-electron chi connectivity index (χ2n) is 10.5. The number of hydrogen-bond donors (Lipinski definition) is 3. The third-order valence-corrected chi connectivity index (χ3v) is 6.63. The Hall–Kier alpha value is -3.52. The highest BCUT2D eigenvalue weighted by atomic mass is 35.5. The second kappa shape index (κ2) is 10.8. The van der Waals surface area contributed by atoms with Gasteiger partial charge >= 0.3 is 5.97 Å². The van der Waals surface area contributed by atoms with Crippen molar-refractivity contribution < 1.29 is 24.2 Å². The number of carboxylic acids is 1. The number of fused-ring (bicyclic) bond motifs is 1. The number of carboxylic acid groups (broad SMARTS) is 1. The number of hydrogen-bond acceptors (Lipinski definition) is 4. The number of benzene rings is 2. The number of carbonyl (C=O) groups excluding carboxylic acids is 2. The van der Waals surface area contributed by atoms with Crippen LogP contribution in [0.5, 0.6) is 5.75 Å². The number of nitrogens with zero attached hydrogens (tertiary/aromatic N) is 1. The summed E-state index contributed by atoms with van der Waals surface area (Å²) >= 11 is 6.13. The van der Waals surface area contributed by atoms with E-state index in [2.05, 4.69) is 10.3 Å². The SMILES string of the molecule is CC(C)(C)NC(=O)C(c1c(C(=O)O)[nH]c2cc(Cl)ccc12)N(C=O)Cc1ccc(OC2CCCC2)cc1. The van der Waals surface area contributed by atoms with Crippen LogP contribution in [-0.2, 0) is 16.1 Å². The van der Waals surface area contributed by atoms with Gasteiger partial charge in [-0.05, 0) is 76.3 Å². The van der Waals surface area contributed by atoms with Gasteiger partial charge in [-0.1, -0.05) is 29.8 Å². The lowest BCUT2D eigenvalue weighted by Gasteiger charge is -2.31. The summed E-state index contributed by atoms with van der Waals surface area (Å²) in [7, 11) is 0. The molecule has 3 aromatic rings. The van der Waals surface area contributed by atoms with Crippen LogP contribution >= 0.6 is 11.6 Å². The molecule has 1 aliphatic rings. The molecule has 37 heavy (non-hydrogen) atoms. The minimum atomic E-state index is -1.24. The van der Waals surface area contributed by atoms with Crippen LogP contribution in [0.15, 0.2) is 42.5 Å². The molecule has 0 spiro atoms. The molecule has 2 amide bonds. The Labute approximate surface area is 220 Å². The van der Waals surface area contributed by atoms with Crippen molar-refractivity contribution in [2.75, 3.05) is 0 Å². The molecule has 1 unspecified atom stereocenters. The van der Waals surface area contributed by atoms with Crippen molar-refractivity contribution in [2.24, 2.45) is 0 Å². The summed E-state index contributed by atoms with van der Waals surface area (Å²) in [6.45, 7) is 5.56. The minimum Gasteiger partial charge on any atom is -0.490 e. The Kier molecular flexibility index (Phi) is 7.78. The number of carbonyl (C=O) groups is 3. The third-order valence-electron chi connectivity index (χ3n) is 6.40. The van der Waals surface area contributed by atoms with Crippen LogP contribution in [0.25, 0.3) is 10.9 Å². The Morgan fingerprint density at radius 1 is 1.19 bits per heavy atom. The summed E-state index contributed by atoms with van der Waals surface area (Å²) in [4.78, 5) is 42.4. The number of aromatic nitrogens is 1. The van der Waals surface area contributed by atoms with E-state index in [9.17, 15) is 19.5 Å². The number of rotatable bonds is 9. The van der Waals surface area contributed by atoms with Gasteiger partial charge in [-0.15, -0.1) is 0 Å². The van der Waals surface area contributed by atoms with E-state index < -0.39 is 23.5 Å². The lowest BCUT2D eigenvalue weighted by atomic mass is 9.98. The van der Waals surface area contributed by atoms with Gasteiger partial charge in [0.15, 0.2) is 0 Å². The van der Waals surface area contributed by atoms with E-state index in [1.54, 1.807) is 18.2 Å². The van der Waals surface area contributed by atoms with Crippen LogP contribution in [-0.4, -0.2) is 44.9 Å². The summed E-state index contributed by atoms with van der Waals surface area (Å²) in [6.07, 6.45) is 5.25. The summed E-state index contributed by atoms with van der Waals surface area (Å²) in [5.74, 6) is -0.966. The first-order valence-corrected chi connectivity index (χ1v) is 12.8. The normalized spacial score (nSPS) is 14.9. The summed E-state index contributed by atoms with van der Waals surface area (Å²) in [5, 5.41) is 13.8. The quantitative estimate of drug-likeness (QED) is 0.321. The summed E-state index contributed by atoms with van der Waals surface area (Å²) in [5.41, 5.74) is 0.668. The molecule has 0 radical (unpaired) electrons. The molecule has 0 aliphatic heterocycles. The van der Waals surface area contributed by atoms with Crippen molar-refractivity contribution in [1.29, 1.82) is 0 Å². The average Bonchev–Trinajstić information content (AvgIpc) is 3.46. The molecule has 3 N–H and O–H groups in total. The number of ether oxygens (including phenoxy) is 1. The maximum Gasteiger partial charge on any atom is 0.352 e. The second-order valence-corrected chi connectivity index (χ2v) is 10.9. The Morgan fingerprint density at radius 2 is 1.86 bits per heavy atom. The van der Waals surface area contributed by atoms with E-state index in [0.717, 1.165) is 24.2 Å². The fourth-order valence-corrected chi connectivity index (χ4v) is 4.97. The van der Waals surface area contributed by atoms with Gasteiger partial charge in [-0.3, -0.25) is 9.59 Å². The molecule has 4 rings (SSSR count). The molecule has 1 aliphatic carbocycles.